The van der Waals surface area contributed by atoms with Gasteiger partial charge in [0.15, 0.2) is 5.96 Å². The molecular formula is C16H26N4S. The summed E-state index contributed by atoms with van der Waals surface area (Å²) < 4.78 is 0. The summed E-state index contributed by atoms with van der Waals surface area (Å²) in [7, 11) is 0. The Bertz CT molecular complexity index is 495. The van der Waals surface area contributed by atoms with E-state index in [0.717, 1.165) is 11.6 Å². The summed E-state index contributed by atoms with van der Waals surface area (Å²) in [6, 6.07) is 8.87. The van der Waals surface area contributed by atoms with Crippen LogP contribution in [0.4, 0.5) is 5.69 Å². The molecule has 1 aliphatic carbocycles. The quantitative estimate of drug-likeness (QED) is 0.429. The molecule has 4 N–H and O–H groups in total. The second kappa shape index (κ2) is 7.18. The van der Waals surface area contributed by atoms with E-state index in [-0.39, 0.29) is 5.41 Å². The Labute approximate surface area is 132 Å². The van der Waals surface area contributed by atoms with E-state index in [2.05, 4.69) is 48.9 Å². The number of nitrogens with one attached hydrogen (secondary N) is 2. The third kappa shape index (κ3) is 5.25. The van der Waals surface area contributed by atoms with E-state index in [4.69, 9.17) is 10.7 Å². The molecule has 1 saturated carbocycles. The molecule has 1 aliphatic rings. The van der Waals surface area contributed by atoms with Crippen LogP contribution in [0.25, 0.3) is 0 Å². The zero-order valence-corrected chi connectivity index (χ0v) is 14.0. The molecule has 0 heterocycles. The highest BCUT2D eigenvalue weighted by atomic mass is 32.2. The summed E-state index contributed by atoms with van der Waals surface area (Å²) >= 11 is 1.73. The minimum absolute atomic E-state index is 0.0250. The summed E-state index contributed by atoms with van der Waals surface area (Å²) in [6.45, 7) is 5.63. The highest BCUT2D eigenvalue weighted by molar-refractivity contribution is 7.98. The molecule has 1 aromatic rings. The van der Waals surface area contributed by atoms with Crippen LogP contribution in [0.1, 0.15) is 26.7 Å². The Morgan fingerprint density at radius 1 is 1.38 bits per heavy atom. The molecule has 2 rings (SSSR count). The van der Waals surface area contributed by atoms with Crippen molar-refractivity contribution >= 4 is 23.4 Å². The lowest BCUT2D eigenvalue weighted by Gasteiger charge is -2.21. The first-order valence-electron chi connectivity index (χ1n) is 7.45. The van der Waals surface area contributed by atoms with E-state index in [9.17, 15) is 0 Å². The lowest BCUT2D eigenvalue weighted by Crippen LogP contribution is -2.35. The Morgan fingerprint density at radius 3 is 2.71 bits per heavy atom. The number of aliphatic imine (C=N–C) groups is 1. The third-order valence-corrected chi connectivity index (χ3v) is 4.29. The highest BCUT2D eigenvalue weighted by Gasteiger charge is 2.23. The molecule has 0 aromatic heterocycles. The van der Waals surface area contributed by atoms with Crippen molar-refractivity contribution in [1.29, 1.82) is 0 Å². The molecule has 0 spiro atoms. The molecule has 21 heavy (non-hydrogen) atoms. The van der Waals surface area contributed by atoms with Gasteiger partial charge in [-0.3, -0.25) is 4.99 Å². The summed E-state index contributed by atoms with van der Waals surface area (Å²) in [4.78, 5) is 5.95. The number of hydrogen-bond acceptors (Lipinski definition) is 3. The van der Waals surface area contributed by atoms with E-state index in [0.29, 0.717) is 19.1 Å². The first-order chi connectivity index (χ1) is 10.0. The van der Waals surface area contributed by atoms with Crippen LogP contribution in [0.5, 0.6) is 0 Å². The van der Waals surface area contributed by atoms with Crippen molar-refractivity contribution in [1.82, 2.24) is 5.32 Å². The first kappa shape index (κ1) is 16.2. The van der Waals surface area contributed by atoms with Gasteiger partial charge in [-0.1, -0.05) is 26.0 Å². The lowest BCUT2D eigenvalue weighted by molar-refractivity contribution is 0.393. The predicted molar refractivity (Wildman–Crippen MR) is 93.1 cm³/mol. The maximum atomic E-state index is 5.79. The van der Waals surface area contributed by atoms with Gasteiger partial charge in [-0.25, -0.2) is 0 Å². The van der Waals surface area contributed by atoms with Gasteiger partial charge in [-0.2, -0.15) is 0 Å². The number of guanidine groups is 1. The molecule has 0 saturated heterocycles. The standard InChI is InChI=1S/C16H26N4S/c1-16(2,10-17)11-18-15(19-12-8-9-12)20-13-6-4-5-7-14(13)21-3/h4-7,12H,8-11,17H2,1-3H3,(H2,18,19,20). The van der Waals surface area contributed by atoms with Crippen molar-refractivity contribution in [2.75, 3.05) is 24.7 Å². The molecule has 1 fully saturated rings. The van der Waals surface area contributed by atoms with Gasteiger partial charge < -0.3 is 16.4 Å². The average molecular weight is 306 g/mol. The highest BCUT2D eigenvalue weighted by Crippen LogP contribution is 2.25. The van der Waals surface area contributed by atoms with Crippen molar-refractivity contribution in [2.24, 2.45) is 16.1 Å². The van der Waals surface area contributed by atoms with Crippen LogP contribution < -0.4 is 16.4 Å². The smallest absolute Gasteiger partial charge is 0.196 e. The van der Waals surface area contributed by atoms with Gasteiger partial charge in [0.1, 0.15) is 0 Å². The number of nitrogens with zero attached hydrogens (tertiary/aromatic N) is 1. The fraction of sp³-hybridized carbons (Fsp3) is 0.562. The molecule has 0 amide bonds. The third-order valence-electron chi connectivity index (χ3n) is 3.50. The van der Waals surface area contributed by atoms with E-state index < -0.39 is 0 Å². The molecule has 0 atom stereocenters. The van der Waals surface area contributed by atoms with Gasteiger partial charge >= 0.3 is 0 Å². The van der Waals surface area contributed by atoms with Crippen LogP contribution in [0.2, 0.25) is 0 Å². The minimum atomic E-state index is 0.0250. The van der Waals surface area contributed by atoms with Crippen LogP contribution in [0, 0.1) is 5.41 Å². The molecule has 5 heteroatoms. The molecule has 4 nitrogen and oxygen atoms in total. The summed E-state index contributed by atoms with van der Waals surface area (Å²) in [5, 5.41) is 6.92. The number of hydrogen-bond donors (Lipinski definition) is 3. The topological polar surface area (TPSA) is 62.4 Å². The van der Waals surface area contributed by atoms with E-state index in [1.807, 2.05) is 6.07 Å². The minimum Gasteiger partial charge on any atom is -0.353 e. The predicted octanol–water partition coefficient (Wildman–Crippen LogP) is 2.91. The second-order valence-electron chi connectivity index (χ2n) is 6.28. The lowest BCUT2D eigenvalue weighted by atomic mass is 9.94. The van der Waals surface area contributed by atoms with Crippen LogP contribution in [0.15, 0.2) is 34.2 Å². The normalized spacial score (nSPS) is 15.9. The van der Waals surface area contributed by atoms with Crippen molar-refractivity contribution in [3.05, 3.63) is 24.3 Å². The fourth-order valence-electron chi connectivity index (χ4n) is 1.78. The van der Waals surface area contributed by atoms with E-state index >= 15 is 0 Å². The number of rotatable bonds is 6. The Kier molecular flexibility index (Phi) is 5.53. The largest absolute Gasteiger partial charge is 0.353 e. The van der Waals surface area contributed by atoms with Gasteiger partial charge in [0.25, 0.3) is 0 Å². The van der Waals surface area contributed by atoms with Crippen LogP contribution >= 0.6 is 11.8 Å². The summed E-state index contributed by atoms with van der Waals surface area (Å²) in [5.41, 5.74) is 6.92. The van der Waals surface area contributed by atoms with Gasteiger partial charge in [0.2, 0.25) is 0 Å². The van der Waals surface area contributed by atoms with Crippen molar-refractivity contribution < 1.29 is 0 Å². The molecule has 1 aromatic carbocycles. The zero-order chi connectivity index (χ0) is 15.3. The van der Waals surface area contributed by atoms with Crippen molar-refractivity contribution in [3.8, 4) is 0 Å². The molecule has 0 unspecified atom stereocenters. The second-order valence-corrected chi connectivity index (χ2v) is 7.13. The number of thioether (sulfide) groups is 1. The van der Waals surface area contributed by atoms with Crippen molar-refractivity contribution in [3.63, 3.8) is 0 Å². The maximum Gasteiger partial charge on any atom is 0.196 e. The molecule has 0 radical (unpaired) electrons. The Hall–Kier alpha value is -1.20. The SMILES string of the molecule is CSc1ccccc1NC(=NCC(C)(C)CN)NC1CC1. The number of nitrogens with two attached hydrogens (primary N) is 1. The van der Waals surface area contributed by atoms with Crippen molar-refractivity contribution in [2.45, 2.75) is 37.6 Å². The van der Waals surface area contributed by atoms with Crippen LogP contribution in [0.3, 0.4) is 0 Å². The number of para-hydroxylation sites is 1. The van der Waals surface area contributed by atoms with E-state index in [1.165, 1.54) is 17.7 Å². The molecule has 0 aliphatic heterocycles. The monoisotopic (exact) mass is 306 g/mol. The van der Waals surface area contributed by atoms with Gasteiger partial charge in [-0.05, 0) is 43.2 Å². The van der Waals surface area contributed by atoms with Gasteiger partial charge in [0.05, 0.1) is 5.69 Å². The van der Waals surface area contributed by atoms with Crippen LogP contribution in [-0.4, -0.2) is 31.3 Å². The maximum absolute atomic E-state index is 5.79. The number of benzene rings is 1. The summed E-state index contributed by atoms with van der Waals surface area (Å²) in [5.74, 6) is 0.862. The summed E-state index contributed by atoms with van der Waals surface area (Å²) in [6.07, 6.45) is 4.54. The van der Waals surface area contributed by atoms with Crippen LogP contribution in [-0.2, 0) is 0 Å². The van der Waals surface area contributed by atoms with Gasteiger partial charge in [-0.15, -0.1) is 11.8 Å². The number of anilines is 1. The molecular weight excluding hydrogens is 280 g/mol. The molecule has 0 bridgehead atoms. The fourth-order valence-corrected chi connectivity index (χ4v) is 2.33. The average Bonchev–Trinajstić information content (AvgIpc) is 3.29. The Morgan fingerprint density at radius 2 is 2.10 bits per heavy atom. The van der Waals surface area contributed by atoms with E-state index in [1.54, 1.807) is 11.8 Å². The van der Waals surface area contributed by atoms with Gasteiger partial charge in [0, 0.05) is 17.5 Å². The Balaban J connectivity index is 2.10. The molecule has 116 valence electrons. The first-order valence-corrected chi connectivity index (χ1v) is 8.67. The zero-order valence-electron chi connectivity index (χ0n) is 13.1.